The summed E-state index contributed by atoms with van der Waals surface area (Å²) in [5, 5.41) is 19.6. The van der Waals surface area contributed by atoms with Gasteiger partial charge in [0.25, 0.3) is 5.91 Å². The van der Waals surface area contributed by atoms with Gasteiger partial charge >= 0.3 is 5.97 Å². The first-order valence-electron chi connectivity index (χ1n) is 5.02. The molecule has 0 fully saturated rings. The van der Waals surface area contributed by atoms with Crippen LogP contribution in [0.2, 0.25) is 15.1 Å². The Bertz CT molecular complexity index is 510. The molecule has 0 aromatic carbocycles. The van der Waals surface area contributed by atoms with Crippen molar-refractivity contribution in [3.63, 3.8) is 0 Å². The SMILES string of the molecule is O=C(N[C@@H](CCO)C(=O)O)c1ncc(Cl)c(Cl)c1Cl. The van der Waals surface area contributed by atoms with Gasteiger partial charge in [-0.2, -0.15) is 0 Å². The summed E-state index contributed by atoms with van der Waals surface area (Å²) in [5.41, 5.74) is -0.236. The third-order valence-electron chi connectivity index (χ3n) is 2.15. The van der Waals surface area contributed by atoms with Crippen molar-refractivity contribution in [1.29, 1.82) is 0 Å². The van der Waals surface area contributed by atoms with Crippen LogP contribution in [0.4, 0.5) is 0 Å². The second-order valence-electron chi connectivity index (χ2n) is 3.46. The van der Waals surface area contributed by atoms with Gasteiger partial charge in [-0.3, -0.25) is 4.79 Å². The number of aromatic nitrogens is 1. The van der Waals surface area contributed by atoms with E-state index in [-0.39, 0.29) is 33.8 Å². The van der Waals surface area contributed by atoms with Gasteiger partial charge in [-0.05, 0) is 0 Å². The lowest BCUT2D eigenvalue weighted by molar-refractivity contribution is -0.139. The molecule has 1 atom stereocenters. The highest BCUT2D eigenvalue weighted by Crippen LogP contribution is 2.30. The van der Waals surface area contributed by atoms with E-state index in [0.717, 1.165) is 6.20 Å². The molecule has 0 bridgehead atoms. The van der Waals surface area contributed by atoms with Crippen molar-refractivity contribution in [3.05, 3.63) is 27.0 Å². The normalized spacial score (nSPS) is 12.0. The summed E-state index contributed by atoms with van der Waals surface area (Å²) in [4.78, 5) is 26.3. The quantitative estimate of drug-likeness (QED) is 0.763. The summed E-state index contributed by atoms with van der Waals surface area (Å²) in [5.74, 6) is -2.09. The smallest absolute Gasteiger partial charge is 0.326 e. The highest BCUT2D eigenvalue weighted by Gasteiger charge is 2.23. The first kappa shape index (κ1) is 16.0. The number of rotatable bonds is 5. The minimum absolute atomic E-state index is 0.0440. The Labute approximate surface area is 123 Å². The van der Waals surface area contributed by atoms with Crippen LogP contribution in [0.1, 0.15) is 16.9 Å². The molecule has 0 spiro atoms. The Balaban J connectivity index is 2.95. The number of carbonyl (C=O) groups is 2. The molecule has 0 aliphatic carbocycles. The predicted octanol–water partition coefficient (Wildman–Crippen LogP) is 1.61. The number of aliphatic carboxylic acids is 1. The van der Waals surface area contributed by atoms with E-state index in [2.05, 4.69) is 10.3 Å². The summed E-state index contributed by atoms with van der Waals surface area (Å²) in [6.07, 6.45) is 0.993. The molecule has 1 amide bonds. The molecular formula is C10H9Cl3N2O4. The summed E-state index contributed by atoms with van der Waals surface area (Å²) >= 11 is 17.2. The van der Waals surface area contributed by atoms with Crippen LogP contribution < -0.4 is 5.32 Å². The fourth-order valence-corrected chi connectivity index (χ4v) is 1.78. The minimum Gasteiger partial charge on any atom is -0.480 e. The minimum atomic E-state index is -1.28. The molecule has 1 aromatic heterocycles. The zero-order chi connectivity index (χ0) is 14.6. The molecule has 0 aliphatic rings. The molecule has 104 valence electrons. The molecule has 0 saturated carbocycles. The number of carboxylic acids is 1. The maximum Gasteiger partial charge on any atom is 0.326 e. The highest BCUT2D eigenvalue weighted by atomic mass is 35.5. The van der Waals surface area contributed by atoms with E-state index in [1.54, 1.807) is 0 Å². The standard InChI is InChI=1S/C10H9Cl3N2O4/c11-4-3-14-8(7(13)6(4)12)9(17)15-5(1-2-16)10(18)19/h3,5,16H,1-2H2,(H,15,17)(H,18,19)/t5-/m0/s1. The predicted molar refractivity (Wildman–Crippen MR) is 69.9 cm³/mol. The maximum atomic E-state index is 11.8. The van der Waals surface area contributed by atoms with Crippen LogP contribution in [0.15, 0.2) is 6.20 Å². The van der Waals surface area contributed by atoms with Crippen LogP contribution in [-0.4, -0.2) is 39.7 Å². The van der Waals surface area contributed by atoms with Gasteiger partial charge in [0.05, 0.1) is 15.1 Å². The van der Waals surface area contributed by atoms with E-state index in [9.17, 15) is 9.59 Å². The molecule has 9 heteroatoms. The molecule has 0 aliphatic heterocycles. The van der Waals surface area contributed by atoms with Crippen LogP contribution in [-0.2, 0) is 4.79 Å². The topological polar surface area (TPSA) is 99.5 Å². The number of nitrogens with one attached hydrogen (secondary N) is 1. The van der Waals surface area contributed by atoms with E-state index in [0.29, 0.717) is 0 Å². The average Bonchev–Trinajstić information content (AvgIpc) is 2.35. The molecule has 1 rings (SSSR count). The molecular weight excluding hydrogens is 318 g/mol. The third-order valence-corrected chi connectivity index (χ3v) is 3.39. The van der Waals surface area contributed by atoms with Gasteiger partial charge in [0.1, 0.15) is 11.7 Å². The fraction of sp³-hybridized carbons (Fsp3) is 0.300. The Kier molecular flexibility index (Phi) is 5.81. The van der Waals surface area contributed by atoms with Crippen molar-refractivity contribution in [2.75, 3.05) is 6.61 Å². The van der Waals surface area contributed by atoms with Gasteiger partial charge in [0.15, 0.2) is 0 Å². The number of halogens is 3. The van der Waals surface area contributed by atoms with Gasteiger partial charge < -0.3 is 15.5 Å². The number of nitrogens with zero attached hydrogens (tertiary/aromatic N) is 1. The van der Waals surface area contributed by atoms with Crippen LogP contribution in [0.5, 0.6) is 0 Å². The number of aliphatic hydroxyl groups is 1. The van der Waals surface area contributed by atoms with Gasteiger partial charge in [-0.15, -0.1) is 0 Å². The van der Waals surface area contributed by atoms with E-state index in [1.165, 1.54) is 0 Å². The summed E-state index contributed by atoms with van der Waals surface area (Å²) in [7, 11) is 0. The average molecular weight is 328 g/mol. The number of amides is 1. The van der Waals surface area contributed by atoms with Crippen LogP contribution in [0, 0.1) is 0 Å². The number of carboxylic acid groups (broad SMARTS) is 1. The van der Waals surface area contributed by atoms with Crippen molar-refractivity contribution in [3.8, 4) is 0 Å². The molecule has 0 radical (unpaired) electrons. The first-order valence-corrected chi connectivity index (χ1v) is 6.16. The number of carbonyl (C=O) groups excluding carboxylic acids is 1. The third kappa shape index (κ3) is 3.94. The molecule has 0 unspecified atom stereocenters. The van der Waals surface area contributed by atoms with E-state index in [1.807, 2.05) is 0 Å². The first-order chi connectivity index (χ1) is 8.88. The molecule has 0 saturated heterocycles. The van der Waals surface area contributed by atoms with Crippen molar-refractivity contribution < 1.29 is 19.8 Å². The number of hydrogen-bond acceptors (Lipinski definition) is 4. The van der Waals surface area contributed by atoms with Crippen LogP contribution in [0.25, 0.3) is 0 Å². The van der Waals surface area contributed by atoms with Crippen molar-refractivity contribution in [1.82, 2.24) is 10.3 Å². The van der Waals surface area contributed by atoms with E-state index < -0.39 is 17.9 Å². The van der Waals surface area contributed by atoms with Gasteiger partial charge in [0.2, 0.25) is 0 Å². The molecule has 19 heavy (non-hydrogen) atoms. The van der Waals surface area contributed by atoms with Crippen LogP contribution in [0.3, 0.4) is 0 Å². The lowest BCUT2D eigenvalue weighted by atomic mass is 10.2. The Morgan fingerprint density at radius 1 is 1.32 bits per heavy atom. The second-order valence-corrected chi connectivity index (χ2v) is 4.62. The summed E-state index contributed by atoms with van der Waals surface area (Å²) < 4.78 is 0. The second kappa shape index (κ2) is 6.91. The van der Waals surface area contributed by atoms with Crippen LogP contribution >= 0.6 is 34.8 Å². The number of pyridine rings is 1. The largest absolute Gasteiger partial charge is 0.480 e. The Morgan fingerprint density at radius 3 is 2.47 bits per heavy atom. The Hall–Kier alpha value is -1.08. The van der Waals surface area contributed by atoms with E-state index in [4.69, 9.17) is 45.0 Å². The zero-order valence-corrected chi connectivity index (χ0v) is 11.6. The molecule has 1 aromatic rings. The number of hydrogen-bond donors (Lipinski definition) is 3. The number of aliphatic hydroxyl groups excluding tert-OH is 1. The van der Waals surface area contributed by atoms with Gasteiger partial charge in [0, 0.05) is 19.2 Å². The molecule has 1 heterocycles. The van der Waals surface area contributed by atoms with Gasteiger partial charge in [-0.25, -0.2) is 9.78 Å². The molecule has 6 nitrogen and oxygen atoms in total. The van der Waals surface area contributed by atoms with Crippen molar-refractivity contribution >= 4 is 46.7 Å². The Morgan fingerprint density at radius 2 is 1.95 bits per heavy atom. The monoisotopic (exact) mass is 326 g/mol. The lowest BCUT2D eigenvalue weighted by Crippen LogP contribution is -2.41. The fourth-order valence-electron chi connectivity index (χ4n) is 1.21. The van der Waals surface area contributed by atoms with Crippen molar-refractivity contribution in [2.24, 2.45) is 0 Å². The van der Waals surface area contributed by atoms with Crippen molar-refractivity contribution in [2.45, 2.75) is 12.5 Å². The summed E-state index contributed by atoms with van der Waals surface area (Å²) in [6.45, 7) is -0.389. The highest BCUT2D eigenvalue weighted by molar-refractivity contribution is 6.48. The zero-order valence-electron chi connectivity index (χ0n) is 9.36. The molecule has 3 N–H and O–H groups in total. The van der Waals surface area contributed by atoms with E-state index >= 15 is 0 Å². The maximum absolute atomic E-state index is 11.8. The lowest BCUT2D eigenvalue weighted by Gasteiger charge is -2.13. The summed E-state index contributed by atoms with van der Waals surface area (Å²) in [6, 6.07) is -1.25. The van der Waals surface area contributed by atoms with Gasteiger partial charge in [-0.1, -0.05) is 34.8 Å².